The highest BCUT2D eigenvalue weighted by Crippen LogP contribution is 2.36. The second-order valence-electron chi connectivity index (χ2n) is 6.01. The lowest BCUT2D eigenvalue weighted by atomic mass is 9.95. The maximum atomic E-state index is 6.55. The average Bonchev–Trinajstić information content (AvgIpc) is 3.15. The first-order valence-electron chi connectivity index (χ1n) is 8.13. The van der Waals surface area contributed by atoms with Gasteiger partial charge in [-0.2, -0.15) is 5.10 Å². The molecule has 0 N–H and O–H groups in total. The third-order valence-electron chi connectivity index (χ3n) is 3.96. The molecule has 0 bridgehead atoms. The molecule has 1 unspecified atom stereocenters. The van der Waals surface area contributed by atoms with Crippen molar-refractivity contribution in [3.63, 3.8) is 0 Å². The van der Waals surface area contributed by atoms with E-state index in [1.807, 2.05) is 19.1 Å². The van der Waals surface area contributed by atoms with Crippen molar-refractivity contribution in [3.05, 3.63) is 70.7 Å². The number of halogens is 2. The van der Waals surface area contributed by atoms with Gasteiger partial charge in [0.15, 0.2) is 0 Å². The van der Waals surface area contributed by atoms with E-state index in [-0.39, 0.29) is 6.61 Å². The molecule has 2 aromatic carbocycles. The van der Waals surface area contributed by atoms with Crippen molar-refractivity contribution >= 4 is 23.2 Å². The van der Waals surface area contributed by atoms with Gasteiger partial charge in [0.1, 0.15) is 36.4 Å². The lowest BCUT2D eigenvalue weighted by molar-refractivity contribution is -0.0338. The maximum Gasteiger partial charge on any atom is 0.137 e. The summed E-state index contributed by atoms with van der Waals surface area (Å²) in [7, 11) is 0. The summed E-state index contributed by atoms with van der Waals surface area (Å²) in [6.07, 6.45) is 8.45. The van der Waals surface area contributed by atoms with Crippen LogP contribution in [0, 0.1) is 12.3 Å². The topological polar surface area (TPSA) is 49.2 Å². The maximum absolute atomic E-state index is 6.55. The second kappa shape index (κ2) is 8.45. The zero-order valence-corrected chi connectivity index (χ0v) is 16.1. The van der Waals surface area contributed by atoms with Crippen molar-refractivity contribution in [2.24, 2.45) is 0 Å². The Kier molecular flexibility index (Phi) is 6.02. The van der Waals surface area contributed by atoms with Crippen molar-refractivity contribution < 1.29 is 9.47 Å². The van der Waals surface area contributed by atoms with E-state index in [4.69, 9.17) is 39.1 Å². The molecule has 5 nitrogen and oxygen atoms in total. The van der Waals surface area contributed by atoms with Gasteiger partial charge in [-0.15, -0.1) is 6.42 Å². The number of aromatic nitrogens is 3. The van der Waals surface area contributed by atoms with Gasteiger partial charge in [0, 0.05) is 10.6 Å². The van der Waals surface area contributed by atoms with E-state index in [0.29, 0.717) is 28.1 Å². The molecule has 1 heterocycles. The average molecular weight is 402 g/mol. The van der Waals surface area contributed by atoms with Crippen LogP contribution in [0.5, 0.6) is 11.5 Å². The molecule has 7 heteroatoms. The fourth-order valence-electron chi connectivity index (χ4n) is 2.66. The highest BCUT2D eigenvalue weighted by molar-refractivity contribution is 6.31. The molecule has 0 saturated heterocycles. The van der Waals surface area contributed by atoms with Crippen LogP contribution in [0.15, 0.2) is 55.1 Å². The fraction of sp³-hybridized carbons (Fsp3) is 0.200. The van der Waals surface area contributed by atoms with Crippen molar-refractivity contribution in [3.8, 4) is 23.8 Å². The van der Waals surface area contributed by atoms with E-state index in [1.165, 1.54) is 6.33 Å². The summed E-state index contributed by atoms with van der Waals surface area (Å²) < 4.78 is 13.4. The number of rotatable bonds is 7. The molecule has 0 radical (unpaired) electrons. The minimum Gasteiger partial charge on any atom is -0.457 e. The second-order valence-corrected chi connectivity index (χ2v) is 6.86. The van der Waals surface area contributed by atoms with Crippen LogP contribution >= 0.6 is 23.2 Å². The summed E-state index contributed by atoms with van der Waals surface area (Å²) >= 11 is 12.4. The number of benzene rings is 2. The van der Waals surface area contributed by atoms with Crippen LogP contribution in [0.1, 0.15) is 12.5 Å². The van der Waals surface area contributed by atoms with E-state index < -0.39 is 5.60 Å². The van der Waals surface area contributed by atoms with E-state index in [2.05, 4.69) is 16.0 Å². The van der Waals surface area contributed by atoms with Crippen LogP contribution in [0.25, 0.3) is 0 Å². The van der Waals surface area contributed by atoms with E-state index >= 15 is 0 Å². The van der Waals surface area contributed by atoms with Crippen molar-refractivity contribution in [1.82, 2.24) is 14.8 Å². The first-order valence-corrected chi connectivity index (χ1v) is 8.89. The Labute approximate surface area is 167 Å². The third kappa shape index (κ3) is 4.81. The zero-order chi connectivity index (χ0) is 19.3. The predicted octanol–water partition coefficient (Wildman–Crippen LogP) is 4.94. The molecule has 3 aromatic rings. The van der Waals surface area contributed by atoms with Gasteiger partial charge in [0.2, 0.25) is 0 Å². The molecule has 0 fully saturated rings. The van der Waals surface area contributed by atoms with E-state index in [9.17, 15) is 0 Å². The molecule has 0 amide bonds. The number of hydrogen-bond acceptors (Lipinski definition) is 4. The van der Waals surface area contributed by atoms with Gasteiger partial charge < -0.3 is 9.47 Å². The number of nitrogens with zero attached hydrogens (tertiary/aromatic N) is 3. The Balaban J connectivity index is 1.86. The van der Waals surface area contributed by atoms with Crippen LogP contribution in [-0.2, 0) is 16.9 Å². The van der Waals surface area contributed by atoms with Crippen LogP contribution in [-0.4, -0.2) is 21.4 Å². The normalized spacial score (nSPS) is 13.0. The highest BCUT2D eigenvalue weighted by atomic mass is 35.5. The van der Waals surface area contributed by atoms with Gasteiger partial charge in [-0.3, -0.25) is 0 Å². The molecular formula is C20H17Cl2N3O2. The lowest BCUT2D eigenvalue weighted by Gasteiger charge is -2.30. The van der Waals surface area contributed by atoms with Gasteiger partial charge in [0.05, 0.1) is 11.6 Å². The Hall–Kier alpha value is -2.52. The number of terminal acetylenes is 1. The predicted molar refractivity (Wildman–Crippen MR) is 105 cm³/mol. The zero-order valence-electron chi connectivity index (χ0n) is 14.6. The van der Waals surface area contributed by atoms with Crippen molar-refractivity contribution in [1.29, 1.82) is 0 Å². The quantitative estimate of drug-likeness (QED) is 0.525. The third-order valence-corrected chi connectivity index (χ3v) is 4.53. The van der Waals surface area contributed by atoms with Gasteiger partial charge in [0.25, 0.3) is 0 Å². The first kappa shape index (κ1) is 19.2. The molecule has 27 heavy (non-hydrogen) atoms. The smallest absolute Gasteiger partial charge is 0.137 e. The first-order chi connectivity index (χ1) is 13.0. The summed E-state index contributed by atoms with van der Waals surface area (Å²) in [5, 5.41) is 5.29. The van der Waals surface area contributed by atoms with Gasteiger partial charge in [-0.05, 0) is 43.3 Å². The number of hydrogen-bond donors (Lipinski definition) is 0. The monoisotopic (exact) mass is 401 g/mol. The molecule has 0 aliphatic heterocycles. The van der Waals surface area contributed by atoms with Crippen LogP contribution < -0.4 is 4.74 Å². The molecule has 3 rings (SSSR count). The molecular weight excluding hydrogens is 385 g/mol. The number of ether oxygens (including phenoxy) is 2. The summed E-state index contributed by atoms with van der Waals surface area (Å²) in [5.41, 5.74) is -0.00552. The minimum absolute atomic E-state index is 0.143. The van der Waals surface area contributed by atoms with E-state index in [0.717, 1.165) is 5.56 Å². The highest BCUT2D eigenvalue weighted by Gasteiger charge is 2.31. The largest absolute Gasteiger partial charge is 0.457 e. The summed E-state index contributed by atoms with van der Waals surface area (Å²) in [6, 6.07) is 12.5. The SMILES string of the molecule is C#CCOC(C)(Cn1cncn1)c1ccc(Oc2ccc(Cl)cc2)cc1Cl. The van der Waals surface area contributed by atoms with E-state index in [1.54, 1.807) is 41.3 Å². The standard InChI is InChI=1S/C20H17Cl2N3O2/c1-3-10-26-20(2,12-25-14-23-13-24-25)18-9-8-17(11-19(18)22)27-16-6-4-15(21)5-7-16/h1,4-9,11,13-14H,10,12H2,2H3. The molecule has 0 aliphatic carbocycles. The Bertz CT molecular complexity index is 937. The van der Waals surface area contributed by atoms with Crippen LogP contribution in [0.2, 0.25) is 10.0 Å². The van der Waals surface area contributed by atoms with Gasteiger partial charge in [-0.25, -0.2) is 9.67 Å². The summed E-state index contributed by atoms with van der Waals surface area (Å²) in [5.74, 6) is 3.76. The molecule has 1 aromatic heterocycles. The van der Waals surface area contributed by atoms with Crippen molar-refractivity contribution in [2.45, 2.75) is 19.1 Å². The van der Waals surface area contributed by atoms with Crippen LogP contribution in [0.4, 0.5) is 0 Å². The van der Waals surface area contributed by atoms with Gasteiger partial charge in [-0.1, -0.05) is 35.2 Å². The Morgan fingerprint density at radius 3 is 2.52 bits per heavy atom. The molecule has 0 spiro atoms. The van der Waals surface area contributed by atoms with Crippen molar-refractivity contribution in [2.75, 3.05) is 6.61 Å². The fourth-order valence-corrected chi connectivity index (χ4v) is 3.16. The minimum atomic E-state index is -0.782. The van der Waals surface area contributed by atoms with Gasteiger partial charge >= 0.3 is 0 Å². The van der Waals surface area contributed by atoms with Crippen LogP contribution in [0.3, 0.4) is 0 Å². The summed E-state index contributed by atoms with van der Waals surface area (Å²) in [4.78, 5) is 3.96. The molecule has 0 saturated carbocycles. The molecule has 1 atom stereocenters. The molecule has 0 aliphatic rings. The summed E-state index contributed by atoms with van der Waals surface area (Å²) in [6.45, 7) is 2.46. The Morgan fingerprint density at radius 2 is 1.89 bits per heavy atom. The molecule has 138 valence electrons. The lowest BCUT2D eigenvalue weighted by Crippen LogP contribution is -2.32. The Morgan fingerprint density at radius 1 is 1.15 bits per heavy atom.